The maximum absolute atomic E-state index is 13.9. The molecule has 0 aliphatic carbocycles. The van der Waals surface area contributed by atoms with Crippen LogP contribution in [0.4, 0.5) is 0 Å². The van der Waals surface area contributed by atoms with E-state index in [1.807, 2.05) is 31.2 Å². The van der Waals surface area contributed by atoms with Gasteiger partial charge in [0.25, 0.3) is 0 Å². The third-order valence-electron chi connectivity index (χ3n) is 13.4. The normalized spacial score (nSPS) is 45.8. The number of esters is 1. The molecule has 0 aromatic heterocycles. The molecule has 11 unspecified atom stereocenters. The molecular weight excluding hydrogens is 929 g/mol. The molecule has 402 valence electrons. The van der Waals surface area contributed by atoms with Crippen molar-refractivity contribution in [3.63, 3.8) is 0 Å². The summed E-state index contributed by atoms with van der Waals surface area (Å²) in [5.41, 5.74) is 6.10. The fraction of sp³-hybridized carbons (Fsp3) is 0.686. The SMILES string of the molecule is C[C@@H]1OC(=O)CC(O)CC(O)CCC(O)C(O)CC(O)CC2(O)C[C@H](O)C(C(=O)N[C@@H]3COC[C@H]3O)[C@H](CC(O[C@@H]3O[C@H](C)C(O)[C@H](N)C3O)/C=C/C=C/C=C/C=C/C=C/C=C/C=C/[C@H](C)C(O)[C@H]1C)O2. The van der Waals surface area contributed by atoms with Gasteiger partial charge in [0.15, 0.2) is 12.1 Å². The summed E-state index contributed by atoms with van der Waals surface area (Å²) in [5.74, 6) is -5.95. The first-order chi connectivity index (χ1) is 33.6. The zero-order valence-electron chi connectivity index (χ0n) is 41.1. The molecule has 14 N–H and O–H groups in total. The number of aliphatic hydroxyl groups excluding tert-OH is 10. The van der Waals surface area contributed by atoms with Crippen molar-refractivity contribution in [1.82, 2.24) is 5.32 Å². The van der Waals surface area contributed by atoms with Gasteiger partial charge in [0.2, 0.25) is 5.91 Å². The highest BCUT2D eigenvalue weighted by molar-refractivity contribution is 5.80. The predicted molar refractivity (Wildman–Crippen MR) is 258 cm³/mol. The average molecular weight is 1010 g/mol. The zero-order valence-corrected chi connectivity index (χ0v) is 41.1. The predicted octanol–water partition coefficient (Wildman–Crippen LogP) is -0.497. The Kier molecular flexibility index (Phi) is 24.9. The van der Waals surface area contributed by atoms with Crippen molar-refractivity contribution in [3.8, 4) is 0 Å². The molecule has 20 heteroatoms. The standard InChI is InChI=1S/C51H80N2O18/c1-29-17-15-13-11-9-7-5-6-8-10-12-14-16-18-36(70-50-48(64)45(52)47(63)32(4)69-50)24-42-44(49(65)53-37-27-67-28-41(37)60)40(59)26-51(66,71-42)25-35(56)22-39(58)38(57)20-19-33(54)21-34(55)23-43(61)68-31(3)30(2)46(29)62/h5-18,29-42,44-48,50,54-60,62-64,66H,19-28,52H2,1-4H3,(H,53,65)/b6-5+,9-7+,10-8+,13-11+,14-12+,17-15+,18-16+/t29-,30-,31-,32+,33?,34?,35?,36?,37+,38?,39?,40-,41+,42-,44?,45-,46?,47?,48?,50-,51?/m0/s1. The van der Waals surface area contributed by atoms with Crippen LogP contribution in [0.5, 0.6) is 0 Å². The molecular formula is C51H80N2O18. The summed E-state index contributed by atoms with van der Waals surface area (Å²) in [4.78, 5) is 26.6. The third-order valence-corrected chi connectivity index (χ3v) is 13.4. The Labute approximate surface area is 416 Å². The number of nitrogens with one attached hydrogen (secondary N) is 1. The van der Waals surface area contributed by atoms with Gasteiger partial charge in [0.05, 0.1) is 111 Å². The average Bonchev–Trinajstić information content (AvgIpc) is 3.70. The molecule has 4 aliphatic rings. The highest BCUT2D eigenvalue weighted by Crippen LogP contribution is 2.38. The number of nitrogens with two attached hydrogens (primary N) is 1. The highest BCUT2D eigenvalue weighted by Gasteiger charge is 2.51. The number of hydrogen-bond donors (Lipinski definition) is 13. The number of carbonyl (C=O) groups excluding carboxylic acids is 2. The van der Waals surface area contributed by atoms with Crippen LogP contribution < -0.4 is 11.1 Å². The summed E-state index contributed by atoms with van der Waals surface area (Å²) >= 11 is 0. The fourth-order valence-corrected chi connectivity index (χ4v) is 8.95. The van der Waals surface area contributed by atoms with Gasteiger partial charge in [-0.1, -0.05) is 98.9 Å². The summed E-state index contributed by atoms with van der Waals surface area (Å²) in [6.07, 6.45) is 2.79. The van der Waals surface area contributed by atoms with Crippen LogP contribution in [-0.4, -0.2) is 191 Å². The number of amides is 1. The Balaban J connectivity index is 1.60. The maximum atomic E-state index is 13.9. The minimum atomic E-state index is -2.32. The quantitative estimate of drug-likeness (QED) is 0.158. The minimum Gasteiger partial charge on any atom is -0.462 e. The van der Waals surface area contributed by atoms with E-state index in [0.29, 0.717) is 0 Å². The van der Waals surface area contributed by atoms with Crippen LogP contribution in [0.3, 0.4) is 0 Å². The van der Waals surface area contributed by atoms with Gasteiger partial charge in [-0.05, 0) is 33.1 Å². The lowest BCUT2D eigenvalue weighted by atomic mass is 9.82. The molecule has 71 heavy (non-hydrogen) atoms. The topological polar surface area (TPSA) is 341 Å². The largest absolute Gasteiger partial charge is 0.462 e. The Bertz CT molecular complexity index is 1840. The van der Waals surface area contributed by atoms with Crippen LogP contribution in [0.2, 0.25) is 0 Å². The van der Waals surface area contributed by atoms with Crippen LogP contribution >= 0.6 is 0 Å². The number of allylic oxidation sites excluding steroid dienone is 12. The molecule has 4 aliphatic heterocycles. The number of carbonyl (C=O) groups is 2. The van der Waals surface area contributed by atoms with Crippen molar-refractivity contribution >= 4 is 11.9 Å². The van der Waals surface area contributed by atoms with Crippen LogP contribution in [0.25, 0.3) is 0 Å². The van der Waals surface area contributed by atoms with E-state index in [-0.39, 0.29) is 44.8 Å². The van der Waals surface area contributed by atoms with Gasteiger partial charge < -0.3 is 90.9 Å². The summed E-state index contributed by atoms with van der Waals surface area (Å²) in [7, 11) is 0. The second kappa shape index (κ2) is 29.4. The third kappa shape index (κ3) is 19.4. The zero-order chi connectivity index (χ0) is 52.4. The van der Waals surface area contributed by atoms with Crippen molar-refractivity contribution in [3.05, 3.63) is 85.1 Å². The summed E-state index contributed by atoms with van der Waals surface area (Å²) < 4.78 is 29.0. The first-order valence-corrected chi connectivity index (χ1v) is 24.6. The monoisotopic (exact) mass is 1010 g/mol. The van der Waals surface area contributed by atoms with E-state index in [1.54, 1.807) is 81.5 Å². The Hall–Kier alpha value is -3.52. The Morgan fingerprint density at radius 3 is 1.87 bits per heavy atom. The molecule has 4 rings (SSSR count). The van der Waals surface area contributed by atoms with E-state index in [0.717, 1.165) is 0 Å². The van der Waals surface area contributed by atoms with Gasteiger partial charge in [-0.15, -0.1) is 0 Å². The highest BCUT2D eigenvalue weighted by atomic mass is 16.7. The first-order valence-electron chi connectivity index (χ1n) is 24.6. The smallest absolute Gasteiger partial charge is 0.308 e. The lowest BCUT2D eigenvalue weighted by molar-refractivity contribution is -0.307. The molecule has 0 saturated carbocycles. The van der Waals surface area contributed by atoms with E-state index >= 15 is 0 Å². The van der Waals surface area contributed by atoms with Crippen molar-refractivity contribution in [1.29, 1.82) is 0 Å². The lowest BCUT2D eigenvalue weighted by Crippen LogP contribution is -2.62. The van der Waals surface area contributed by atoms with Gasteiger partial charge in [-0.25, -0.2) is 0 Å². The molecule has 3 saturated heterocycles. The van der Waals surface area contributed by atoms with Crippen LogP contribution in [0.15, 0.2) is 85.1 Å². The van der Waals surface area contributed by atoms with Crippen molar-refractivity contribution in [2.75, 3.05) is 13.2 Å². The van der Waals surface area contributed by atoms with E-state index in [4.69, 9.17) is 29.4 Å². The van der Waals surface area contributed by atoms with E-state index < -0.39 is 159 Å². The van der Waals surface area contributed by atoms with Gasteiger partial charge >= 0.3 is 5.97 Å². The summed E-state index contributed by atoms with van der Waals surface area (Å²) in [6.45, 7) is 6.72. The second-order valence-corrected chi connectivity index (χ2v) is 19.4. The molecule has 21 atom stereocenters. The fourth-order valence-electron chi connectivity index (χ4n) is 8.95. The molecule has 2 bridgehead atoms. The van der Waals surface area contributed by atoms with Crippen molar-refractivity contribution < 1.29 is 89.4 Å². The van der Waals surface area contributed by atoms with Crippen molar-refractivity contribution in [2.24, 2.45) is 23.5 Å². The number of aliphatic hydroxyl groups is 11. The molecule has 0 radical (unpaired) electrons. The first kappa shape index (κ1) is 60.0. The number of hydrogen-bond acceptors (Lipinski definition) is 19. The summed E-state index contributed by atoms with van der Waals surface area (Å²) in [5, 5.41) is 123. The molecule has 3 fully saturated rings. The van der Waals surface area contributed by atoms with Crippen LogP contribution in [0.1, 0.15) is 79.1 Å². The number of cyclic esters (lactones) is 1. The van der Waals surface area contributed by atoms with E-state index in [1.165, 1.54) is 0 Å². The number of fused-ring (bicyclic) bond motifs is 2. The number of rotatable bonds is 4. The lowest BCUT2D eigenvalue weighted by Gasteiger charge is -2.46. The Morgan fingerprint density at radius 2 is 1.27 bits per heavy atom. The minimum absolute atomic E-state index is 0.00762. The van der Waals surface area contributed by atoms with Crippen LogP contribution in [0, 0.1) is 17.8 Å². The van der Waals surface area contributed by atoms with Crippen LogP contribution in [-0.2, 0) is 33.3 Å². The molecule has 0 spiro atoms. The Morgan fingerprint density at radius 1 is 0.662 bits per heavy atom. The molecule has 20 nitrogen and oxygen atoms in total. The van der Waals surface area contributed by atoms with Gasteiger partial charge in [-0.3, -0.25) is 9.59 Å². The molecule has 1 amide bonds. The van der Waals surface area contributed by atoms with Gasteiger partial charge in [-0.2, -0.15) is 0 Å². The van der Waals surface area contributed by atoms with Gasteiger partial charge in [0, 0.05) is 37.5 Å². The van der Waals surface area contributed by atoms with Gasteiger partial charge in [0.1, 0.15) is 12.2 Å². The molecule has 0 aromatic rings. The molecule has 0 aromatic carbocycles. The van der Waals surface area contributed by atoms with Crippen molar-refractivity contribution in [2.45, 2.75) is 189 Å². The second-order valence-electron chi connectivity index (χ2n) is 19.4. The van der Waals surface area contributed by atoms with E-state index in [9.17, 15) is 65.8 Å². The number of ether oxygens (including phenoxy) is 5. The maximum Gasteiger partial charge on any atom is 0.308 e. The summed E-state index contributed by atoms with van der Waals surface area (Å²) in [6, 6.07) is -1.98. The molecule has 4 heterocycles. The van der Waals surface area contributed by atoms with E-state index in [2.05, 4.69) is 5.32 Å².